The van der Waals surface area contributed by atoms with Gasteiger partial charge in [-0.1, -0.05) is 39.0 Å². The third kappa shape index (κ3) is 5.10. The fourth-order valence-corrected chi connectivity index (χ4v) is 3.50. The molecule has 0 spiro atoms. The molecule has 0 aliphatic heterocycles. The van der Waals surface area contributed by atoms with Gasteiger partial charge >= 0.3 is 12.0 Å². The smallest absolute Gasteiger partial charge is 0.339 e. The molecule has 7 nitrogen and oxygen atoms in total. The number of aromatic nitrogens is 1. The van der Waals surface area contributed by atoms with Crippen molar-refractivity contribution in [1.82, 2.24) is 15.6 Å². The van der Waals surface area contributed by atoms with Crippen molar-refractivity contribution in [2.45, 2.75) is 40.0 Å². The van der Waals surface area contributed by atoms with E-state index >= 15 is 0 Å². The number of carbonyl (C=O) groups is 3. The van der Waals surface area contributed by atoms with Gasteiger partial charge in [-0.3, -0.25) is 15.1 Å². The monoisotopic (exact) mass is 397 g/mol. The Kier molecular flexibility index (Phi) is 6.46. The molecular weight excluding hydrogens is 370 g/mol. The minimum Gasteiger partial charge on any atom is -0.452 e. The fourth-order valence-electron chi connectivity index (χ4n) is 3.50. The number of amides is 3. The van der Waals surface area contributed by atoms with Gasteiger partial charge in [-0.05, 0) is 42.7 Å². The number of rotatable bonds is 5. The first kappa shape index (κ1) is 20.8. The van der Waals surface area contributed by atoms with Crippen molar-refractivity contribution in [2.24, 2.45) is 11.8 Å². The van der Waals surface area contributed by atoms with E-state index in [1.807, 2.05) is 38.1 Å². The maximum absolute atomic E-state index is 12.9. The van der Waals surface area contributed by atoms with E-state index in [2.05, 4.69) is 17.6 Å². The van der Waals surface area contributed by atoms with Crippen molar-refractivity contribution in [2.75, 3.05) is 13.2 Å². The third-order valence-electron chi connectivity index (χ3n) is 4.97. The number of nitrogens with zero attached hydrogens (tertiary/aromatic N) is 1. The lowest BCUT2D eigenvalue weighted by Crippen LogP contribution is -2.42. The van der Waals surface area contributed by atoms with E-state index in [4.69, 9.17) is 9.72 Å². The maximum Gasteiger partial charge on any atom is 0.339 e. The molecule has 2 aromatic rings. The summed E-state index contributed by atoms with van der Waals surface area (Å²) < 4.78 is 5.27. The van der Waals surface area contributed by atoms with Crippen LogP contribution in [-0.2, 0) is 22.4 Å². The van der Waals surface area contributed by atoms with Crippen molar-refractivity contribution in [3.05, 3.63) is 41.1 Å². The highest BCUT2D eigenvalue weighted by Crippen LogP contribution is 2.31. The third-order valence-corrected chi connectivity index (χ3v) is 4.97. The van der Waals surface area contributed by atoms with E-state index in [1.165, 1.54) is 0 Å². The van der Waals surface area contributed by atoms with Gasteiger partial charge in [0.15, 0.2) is 6.61 Å². The summed E-state index contributed by atoms with van der Waals surface area (Å²) in [5.41, 5.74) is 3.05. The van der Waals surface area contributed by atoms with Crippen LogP contribution in [0.4, 0.5) is 4.79 Å². The Morgan fingerprint density at radius 2 is 2.00 bits per heavy atom. The van der Waals surface area contributed by atoms with Crippen LogP contribution in [0.3, 0.4) is 0 Å². The van der Waals surface area contributed by atoms with E-state index < -0.39 is 24.5 Å². The van der Waals surface area contributed by atoms with Gasteiger partial charge in [0.05, 0.1) is 11.1 Å². The number of pyridine rings is 1. The van der Waals surface area contributed by atoms with Crippen LogP contribution < -0.4 is 10.6 Å². The van der Waals surface area contributed by atoms with Crippen LogP contribution in [0.25, 0.3) is 10.9 Å². The lowest BCUT2D eigenvalue weighted by atomic mass is 9.84. The molecule has 1 aliphatic carbocycles. The zero-order valence-electron chi connectivity index (χ0n) is 17.1. The Morgan fingerprint density at radius 3 is 2.76 bits per heavy atom. The van der Waals surface area contributed by atoms with Gasteiger partial charge in [-0.25, -0.2) is 9.59 Å². The van der Waals surface area contributed by atoms with Gasteiger partial charge in [-0.2, -0.15) is 0 Å². The molecule has 0 saturated carbocycles. The van der Waals surface area contributed by atoms with E-state index in [0.29, 0.717) is 18.0 Å². The SMILES string of the molecule is CC(C)CNC(=O)NC(=O)COC(=O)c1c2c(nc3ccccc13)CC[C@H](C)C2. The van der Waals surface area contributed by atoms with Gasteiger partial charge < -0.3 is 10.1 Å². The van der Waals surface area contributed by atoms with E-state index in [9.17, 15) is 14.4 Å². The van der Waals surface area contributed by atoms with E-state index in [-0.39, 0.29) is 5.92 Å². The molecule has 0 fully saturated rings. The van der Waals surface area contributed by atoms with Crippen LogP contribution >= 0.6 is 0 Å². The quantitative estimate of drug-likeness (QED) is 0.756. The van der Waals surface area contributed by atoms with Crippen molar-refractivity contribution in [1.29, 1.82) is 0 Å². The highest BCUT2D eigenvalue weighted by molar-refractivity contribution is 6.06. The minimum absolute atomic E-state index is 0.266. The molecule has 1 heterocycles. The standard InChI is InChI=1S/C22H27N3O4/c1-13(2)11-23-22(28)25-19(26)12-29-21(27)20-15-6-4-5-7-17(15)24-18-9-8-14(3)10-16(18)20/h4-7,13-14H,8-12H2,1-3H3,(H2,23,25,26,28)/t14-/m0/s1. The molecular formula is C22H27N3O4. The number of urea groups is 1. The Bertz CT molecular complexity index is 939. The number of fused-ring (bicyclic) bond motifs is 2. The highest BCUT2D eigenvalue weighted by atomic mass is 16.5. The number of para-hydroxylation sites is 1. The Labute approximate surface area is 170 Å². The summed E-state index contributed by atoms with van der Waals surface area (Å²) in [6.45, 7) is 5.98. The summed E-state index contributed by atoms with van der Waals surface area (Å²) in [6.07, 6.45) is 2.60. The molecule has 29 heavy (non-hydrogen) atoms. The number of hydrogen-bond acceptors (Lipinski definition) is 5. The second-order valence-corrected chi connectivity index (χ2v) is 8.01. The number of hydrogen-bond donors (Lipinski definition) is 2. The predicted molar refractivity (Wildman–Crippen MR) is 110 cm³/mol. The van der Waals surface area contributed by atoms with Crippen molar-refractivity contribution < 1.29 is 19.1 Å². The summed E-state index contributed by atoms with van der Waals surface area (Å²) >= 11 is 0. The predicted octanol–water partition coefficient (Wildman–Crippen LogP) is 3.00. The maximum atomic E-state index is 12.9. The van der Waals surface area contributed by atoms with Gasteiger partial charge in [0.1, 0.15) is 0 Å². The molecule has 0 saturated heterocycles. The zero-order valence-corrected chi connectivity index (χ0v) is 17.1. The molecule has 1 aliphatic rings. The molecule has 154 valence electrons. The van der Waals surface area contributed by atoms with Crippen LogP contribution in [0.1, 0.15) is 48.8 Å². The second kappa shape index (κ2) is 9.03. The summed E-state index contributed by atoms with van der Waals surface area (Å²) in [4.78, 5) is 41.3. The number of esters is 1. The van der Waals surface area contributed by atoms with Crippen LogP contribution in [-0.4, -0.2) is 36.0 Å². The number of carbonyl (C=O) groups excluding carboxylic acids is 3. The number of aryl methyl sites for hydroxylation is 1. The van der Waals surface area contributed by atoms with Crippen molar-refractivity contribution >= 4 is 28.8 Å². The van der Waals surface area contributed by atoms with Gasteiger partial charge in [0.25, 0.3) is 5.91 Å². The summed E-state index contributed by atoms with van der Waals surface area (Å²) in [5, 5.41) is 5.48. The first-order valence-electron chi connectivity index (χ1n) is 10.0. The first-order valence-corrected chi connectivity index (χ1v) is 10.0. The average molecular weight is 397 g/mol. The number of ether oxygens (including phenoxy) is 1. The molecule has 0 radical (unpaired) electrons. The Balaban J connectivity index is 1.74. The molecule has 1 atom stereocenters. The molecule has 0 unspecified atom stereocenters. The minimum atomic E-state index is -0.666. The molecule has 1 aromatic heterocycles. The normalized spacial score (nSPS) is 15.7. The second-order valence-electron chi connectivity index (χ2n) is 8.01. The molecule has 1 aromatic carbocycles. The van der Waals surface area contributed by atoms with E-state index in [0.717, 1.165) is 41.4 Å². The number of nitrogens with one attached hydrogen (secondary N) is 2. The average Bonchev–Trinajstić information content (AvgIpc) is 2.68. The number of benzene rings is 1. The highest BCUT2D eigenvalue weighted by Gasteiger charge is 2.26. The largest absolute Gasteiger partial charge is 0.452 e. The summed E-state index contributed by atoms with van der Waals surface area (Å²) in [7, 11) is 0. The van der Waals surface area contributed by atoms with Crippen LogP contribution in [0, 0.1) is 11.8 Å². The molecule has 7 heteroatoms. The van der Waals surface area contributed by atoms with Gasteiger partial charge in [0, 0.05) is 17.6 Å². The first-order chi connectivity index (χ1) is 13.8. The summed E-state index contributed by atoms with van der Waals surface area (Å²) in [5.74, 6) is -0.515. The summed E-state index contributed by atoms with van der Waals surface area (Å²) in [6, 6.07) is 6.85. The molecule has 3 amide bonds. The van der Waals surface area contributed by atoms with Crippen LogP contribution in [0.2, 0.25) is 0 Å². The van der Waals surface area contributed by atoms with Gasteiger partial charge in [0.2, 0.25) is 0 Å². The van der Waals surface area contributed by atoms with Crippen molar-refractivity contribution in [3.8, 4) is 0 Å². The number of imide groups is 1. The topological polar surface area (TPSA) is 97.4 Å². The molecule has 2 N–H and O–H groups in total. The molecule has 0 bridgehead atoms. The fraction of sp³-hybridized carbons (Fsp3) is 0.455. The Hall–Kier alpha value is -2.96. The zero-order chi connectivity index (χ0) is 21.0. The van der Waals surface area contributed by atoms with Crippen LogP contribution in [0.15, 0.2) is 24.3 Å². The van der Waals surface area contributed by atoms with Crippen molar-refractivity contribution in [3.63, 3.8) is 0 Å². The Morgan fingerprint density at radius 1 is 1.24 bits per heavy atom. The van der Waals surface area contributed by atoms with Gasteiger partial charge in [-0.15, -0.1) is 0 Å². The van der Waals surface area contributed by atoms with E-state index in [1.54, 1.807) is 0 Å². The van der Waals surface area contributed by atoms with Crippen LogP contribution in [0.5, 0.6) is 0 Å². The molecule has 3 rings (SSSR count). The lowest BCUT2D eigenvalue weighted by Gasteiger charge is -2.24. The lowest BCUT2D eigenvalue weighted by molar-refractivity contribution is -0.123.